The Morgan fingerprint density at radius 1 is 1.00 bits per heavy atom. The minimum atomic E-state index is 0.611. The number of pyridine rings is 1. The normalized spacial score (nSPS) is 10.8. The summed E-state index contributed by atoms with van der Waals surface area (Å²) in [4.78, 5) is 4.34. The van der Waals surface area contributed by atoms with Crippen LogP contribution in [-0.4, -0.2) is 11.5 Å². The van der Waals surface area contributed by atoms with E-state index in [1.54, 1.807) is 6.20 Å². The topological polar surface area (TPSA) is 48.1 Å². The average Bonchev–Trinajstić information content (AvgIpc) is 2.51. The van der Waals surface area contributed by atoms with Crippen LogP contribution in [0, 0.1) is 0 Å². The number of halogens is 1. The Morgan fingerprint density at radius 3 is 2.57 bits per heavy atom. The fraction of sp³-hybridized carbons (Fsp3) is 0.118. The maximum Gasteiger partial charge on any atom is 0.227 e. The van der Waals surface area contributed by atoms with Gasteiger partial charge < -0.3 is 10.5 Å². The van der Waals surface area contributed by atoms with Gasteiger partial charge in [0.15, 0.2) is 0 Å². The summed E-state index contributed by atoms with van der Waals surface area (Å²) >= 11 is 3.55. The number of hydrogen-bond donors (Lipinski definition) is 1. The zero-order valence-electron chi connectivity index (χ0n) is 11.4. The third-order valence-corrected chi connectivity index (χ3v) is 3.98. The molecule has 1 heterocycles. The van der Waals surface area contributed by atoms with E-state index >= 15 is 0 Å². The van der Waals surface area contributed by atoms with E-state index in [1.807, 2.05) is 48.5 Å². The Bertz CT molecular complexity index is 756. The molecule has 4 heteroatoms. The third-order valence-electron chi connectivity index (χ3n) is 3.29. The molecule has 3 aromatic rings. The number of fused-ring (bicyclic) bond motifs is 1. The van der Waals surface area contributed by atoms with Crippen molar-refractivity contribution in [3.8, 4) is 11.6 Å². The first-order chi connectivity index (χ1) is 10.3. The summed E-state index contributed by atoms with van der Waals surface area (Å²) in [7, 11) is 0. The molecule has 2 aromatic carbocycles. The lowest BCUT2D eigenvalue weighted by molar-refractivity contribution is 0.469. The van der Waals surface area contributed by atoms with E-state index in [4.69, 9.17) is 10.5 Å². The zero-order chi connectivity index (χ0) is 14.7. The van der Waals surface area contributed by atoms with Gasteiger partial charge in [-0.1, -0.05) is 34.1 Å². The molecule has 0 amide bonds. The molecule has 21 heavy (non-hydrogen) atoms. The van der Waals surface area contributed by atoms with E-state index in [0.29, 0.717) is 12.4 Å². The van der Waals surface area contributed by atoms with E-state index in [-0.39, 0.29) is 0 Å². The molecule has 1 aromatic heterocycles. The van der Waals surface area contributed by atoms with Crippen LogP contribution >= 0.6 is 15.9 Å². The number of nitrogens with two attached hydrogens (primary N) is 1. The Morgan fingerprint density at radius 2 is 1.81 bits per heavy atom. The minimum Gasteiger partial charge on any atom is -0.438 e. The largest absolute Gasteiger partial charge is 0.438 e. The van der Waals surface area contributed by atoms with E-state index in [1.165, 1.54) is 5.56 Å². The van der Waals surface area contributed by atoms with Crippen LogP contribution in [0.1, 0.15) is 5.56 Å². The second-order valence-corrected chi connectivity index (χ2v) is 5.59. The Kier molecular flexibility index (Phi) is 4.18. The standard InChI is InChI=1S/C17H15BrN2O/c18-16-3-1-2-15-14(16)9-11-20-17(15)21-13-6-4-12(5-7-13)8-10-19/h1-7,9,11H,8,10,19H2. The molecule has 106 valence electrons. The lowest BCUT2D eigenvalue weighted by atomic mass is 10.1. The van der Waals surface area contributed by atoms with Crippen molar-refractivity contribution in [2.45, 2.75) is 6.42 Å². The highest BCUT2D eigenvalue weighted by atomic mass is 79.9. The minimum absolute atomic E-state index is 0.611. The van der Waals surface area contributed by atoms with Crippen molar-refractivity contribution in [1.29, 1.82) is 0 Å². The van der Waals surface area contributed by atoms with Gasteiger partial charge in [-0.3, -0.25) is 0 Å². The van der Waals surface area contributed by atoms with Crippen LogP contribution in [0.2, 0.25) is 0 Å². The fourth-order valence-corrected chi connectivity index (χ4v) is 2.72. The summed E-state index contributed by atoms with van der Waals surface area (Å²) in [5.41, 5.74) is 6.76. The predicted molar refractivity (Wildman–Crippen MR) is 88.7 cm³/mol. The summed E-state index contributed by atoms with van der Waals surface area (Å²) < 4.78 is 6.95. The van der Waals surface area contributed by atoms with Crippen molar-refractivity contribution in [3.05, 3.63) is 64.8 Å². The maximum atomic E-state index is 5.92. The van der Waals surface area contributed by atoms with Gasteiger partial charge in [-0.25, -0.2) is 4.98 Å². The maximum absolute atomic E-state index is 5.92. The van der Waals surface area contributed by atoms with Gasteiger partial charge in [0.05, 0.1) is 0 Å². The number of rotatable bonds is 4. The second kappa shape index (κ2) is 6.24. The molecule has 2 N–H and O–H groups in total. The summed E-state index contributed by atoms with van der Waals surface area (Å²) in [6.07, 6.45) is 2.63. The van der Waals surface area contributed by atoms with Gasteiger partial charge in [0.25, 0.3) is 0 Å². The molecule has 0 aliphatic rings. The van der Waals surface area contributed by atoms with Gasteiger partial charge in [-0.2, -0.15) is 0 Å². The van der Waals surface area contributed by atoms with Gasteiger partial charge in [-0.05, 0) is 48.9 Å². The van der Waals surface area contributed by atoms with Crippen molar-refractivity contribution in [2.24, 2.45) is 5.73 Å². The molecule has 0 bridgehead atoms. The predicted octanol–water partition coefficient (Wildman–Crippen LogP) is 4.29. The lowest BCUT2D eigenvalue weighted by Crippen LogP contribution is -2.02. The molecule has 0 fully saturated rings. The first kappa shape index (κ1) is 14.0. The highest BCUT2D eigenvalue weighted by Crippen LogP contribution is 2.31. The van der Waals surface area contributed by atoms with E-state index in [0.717, 1.165) is 27.4 Å². The third kappa shape index (κ3) is 3.06. The Labute approximate surface area is 131 Å². The second-order valence-electron chi connectivity index (χ2n) is 4.74. The SMILES string of the molecule is NCCc1ccc(Oc2nccc3c(Br)cccc23)cc1. The first-order valence-electron chi connectivity index (χ1n) is 6.78. The number of aromatic nitrogens is 1. The molecule has 0 saturated carbocycles. The average molecular weight is 343 g/mol. The number of benzene rings is 2. The lowest BCUT2D eigenvalue weighted by Gasteiger charge is -2.09. The number of nitrogens with zero attached hydrogens (tertiary/aromatic N) is 1. The molecular formula is C17H15BrN2O. The van der Waals surface area contributed by atoms with Gasteiger partial charge in [0.1, 0.15) is 5.75 Å². The molecule has 3 rings (SSSR count). The van der Waals surface area contributed by atoms with Gasteiger partial charge in [0.2, 0.25) is 5.88 Å². The van der Waals surface area contributed by atoms with Crippen molar-refractivity contribution in [2.75, 3.05) is 6.54 Å². The monoisotopic (exact) mass is 342 g/mol. The van der Waals surface area contributed by atoms with Crippen molar-refractivity contribution in [3.63, 3.8) is 0 Å². The van der Waals surface area contributed by atoms with Crippen molar-refractivity contribution < 1.29 is 4.74 Å². The van der Waals surface area contributed by atoms with Gasteiger partial charge >= 0.3 is 0 Å². The van der Waals surface area contributed by atoms with Crippen LogP contribution in [0.5, 0.6) is 11.6 Å². The molecule has 0 atom stereocenters. The highest BCUT2D eigenvalue weighted by Gasteiger charge is 2.07. The van der Waals surface area contributed by atoms with Gasteiger partial charge in [0, 0.05) is 21.4 Å². The van der Waals surface area contributed by atoms with E-state index in [9.17, 15) is 0 Å². The molecule has 0 spiro atoms. The van der Waals surface area contributed by atoms with Crippen molar-refractivity contribution >= 4 is 26.7 Å². The summed E-state index contributed by atoms with van der Waals surface area (Å²) in [5, 5.41) is 2.07. The highest BCUT2D eigenvalue weighted by molar-refractivity contribution is 9.10. The molecular weight excluding hydrogens is 328 g/mol. The van der Waals surface area contributed by atoms with E-state index < -0.39 is 0 Å². The molecule has 0 saturated heterocycles. The quantitative estimate of drug-likeness (QED) is 0.769. The van der Waals surface area contributed by atoms with Crippen LogP contribution in [0.4, 0.5) is 0 Å². The molecule has 3 nitrogen and oxygen atoms in total. The summed E-state index contributed by atoms with van der Waals surface area (Å²) in [6, 6.07) is 15.9. The van der Waals surface area contributed by atoms with Crippen molar-refractivity contribution in [1.82, 2.24) is 4.98 Å². The molecule has 0 aliphatic carbocycles. The van der Waals surface area contributed by atoms with Crippen LogP contribution < -0.4 is 10.5 Å². The smallest absolute Gasteiger partial charge is 0.227 e. The fourth-order valence-electron chi connectivity index (χ4n) is 2.23. The van der Waals surface area contributed by atoms with Crippen LogP contribution in [-0.2, 0) is 6.42 Å². The first-order valence-corrected chi connectivity index (χ1v) is 7.57. The summed E-state index contributed by atoms with van der Waals surface area (Å²) in [5.74, 6) is 1.39. The van der Waals surface area contributed by atoms with E-state index in [2.05, 4.69) is 20.9 Å². The number of hydrogen-bond acceptors (Lipinski definition) is 3. The number of ether oxygens (including phenoxy) is 1. The molecule has 0 unspecified atom stereocenters. The van der Waals surface area contributed by atoms with Crippen LogP contribution in [0.3, 0.4) is 0 Å². The van der Waals surface area contributed by atoms with Gasteiger partial charge in [-0.15, -0.1) is 0 Å². The van der Waals surface area contributed by atoms with Crippen LogP contribution in [0.25, 0.3) is 10.8 Å². The Hall–Kier alpha value is -1.91. The zero-order valence-corrected chi connectivity index (χ0v) is 13.0. The molecule has 0 aliphatic heterocycles. The van der Waals surface area contributed by atoms with Crippen LogP contribution in [0.15, 0.2) is 59.2 Å². The Balaban J connectivity index is 1.93. The summed E-state index contributed by atoms with van der Waals surface area (Å²) in [6.45, 7) is 0.652. The molecule has 0 radical (unpaired) electrons.